The Balaban J connectivity index is -0.000000627. The second kappa shape index (κ2) is 27.8. The molecule has 4 aromatic rings. The Labute approximate surface area is 367 Å². The zero-order valence-corrected chi connectivity index (χ0v) is 37.7. The maximum atomic E-state index is 10.8. The molecule has 0 aromatic carbocycles. The minimum atomic E-state index is -10.7. The number of nitriles is 1. The number of carbonyl (C=O) groups is 1. The first-order chi connectivity index (χ1) is 26.7. The summed E-state index contributed by atoms with van der Waals surface area (Å²) in [4.78, 5) is 40.9. The molecule has 0 fully saturated rings. The van der Waals surface area contributed by atoms with Crippen LogP contribution in [0.3, 0.4) is 0 Å². The molecule has 0 spiro atoms. The van der Waals surface area contributed by atoms with Gasteiger partial charge in [-0.15, -0.1) is 0 Å². The second-order valence-corrected chi connectivity index (χ2v) is 17.0. The molecule has 4 aromatic heterocycles. The van der Waals surface area contributed by atoms with Crippen LogP contribution >= 0.6 is 89.3 Å². The van der Waals surface area contributed by atoms with Gasteiger partial charge >= 0.3 is 39.0 Å². The van der Waals surface area contributed by atoms with Crippen molar-refractivity contribution in [3.8, 4) is 6.07 Å². The van der Waals surface area contributed by atoms with Crippen molar-refractivity contribution in [2.75, 3.05) is 32.9 Å². The molecule has 0 atom stereocenters. The number of aromatic nitrogens is 8. The first-order valence-electron chi connectivity index (χ1n) is 14.1. The van der Waals surface area contributed by atoms with Gasteiger partial charge in [0.25, 0.3) is 0 Å². The molecule has 16 nitrogen and oxygen atoms in total. The van der Waals surface area contributed by atoms with E-state index in [1.807, 2.05) is 25.3 Å². The van der Waals surface area contributed by atoms with Gasteiger partial charge in [0.05, 0.1) is 62.3 Å². The third kappa shape index (κ3) is 43.5. The van der Waals surface area contributed by atoms with Gasteiger partial charge in [0.1, 0.15) is 6.07 Å². The van der Waals surface area contributed by atoms with Crippen LogP contribution in [0.4, 0.5) is 25.2 Å². The monoisotopic (exact) mass is 1010 g/mol. The van der Waals surface area contributed by atoms with E-state index in [1.54, 1.807) is 37.0 Å². The van der Waals surface area contributed by atoms with Crippen molar-refractivity contribution in [3.05, 3.63) is 105 Å². The second-order valence-electron chi connectivity index (χ2n) is 9.42. The summed E-state index contributed by atoms with van der Waals surface area (Å²) in [5, 5.41) is 26.0. The summed E-state index contributed by atoms with van der Waals surface area (Å²) in [7, 11) is -10.1. The zero-order chi connectivity index (χ0) is 46.7. The van der Waals surface area contributed by atoms with Crippen molar-refractivity contribution >= 4 is 110 Å². The molecule has 31 heteroatoms. The predicted octanol–water partition coefficient (Wildman–Crippen LogP) is 9.65. The Morgan fingerprint density at radius 1 is 0.847 bits per heavy atom. The quantitative estimate of drug-likeness (QED) is 0.0320. The van der Waals surface area contributed by atoms with Crippen molar-refractivity contribution < 1.29 is 43.5 Å². The number of carboxylic acid groups (broad SMARTS) is 1. The van der Waals surface area contributed by atoms with Crippen LogP contribution in [0.5, 0.6) is 0 Å². The Hall–Kier alpha value is -3.86. The van der Waals surface area contributed by atoms with Gasteiger partial charge < -0.3 is 15.7 Å². The fourth-order valence-electron chi connectivity index (χ4n) is 1.99. The molecule has 328 valence electrons. The molecule has 0 unspecified atom stereocenters. The number of nitrogens with one attached hydrogen (secondary N) is 1. The van der Waals surface area contributed by atoms with Gasteiger partial charge in [-0.25, -0.2) is 53.1 Å². The average molecular weight is 1020 g/mol. The molecular formula is C28H31Cl5F6N12O4PS3-. The molecule has 0 bridgehead atoms. The van der Waals surface area contributed by atoms with Crippen LogP contribution in [0.2, 0.25) is 20.1 Å². The summed E-state index contributed by atoms with van der Waals surface area (Å²) < 4.78 is 80.7. The molecule has 0 saturated carbocycles. The van der Waals surface area contributed by atoms with Crippen LogP contribution in [-0.2, 0) is 9.84 Å². The van der Waals surface area contributed by atoms with E-state index in [-0.39, 0.29) is 22.0 Å². The van der Waals surface area contributed by atoms with E-state index >= 15 is 0 Å². The van der Waals surface area contributed by atoms with Crippen LogP contribution in [0, 0.1) is 16.7 Å². The van der Waals surface area contributed by atoms with Gasteiger partial charge in [-0.2, -0.15) is 5.26 Å². The van der Waals surface area contributed by atoms with Crippen LogP contribution in [0.1, 0.15) is 16.4 Å². The predicted molar refractivity (Wildman–Crippen MR) is 222 cm³/mol. The van der Waals surface area contributed by atoms with E-state index in [0.717, 1.165) is 11.4 Å². The Morgan fingerprint density at radius 3 is 1.41 bits per heavy atom. The fraction of sp³-hybridized carbons (Fsp3) is 0.179. The molecule has 0 radical (unpaired) electrons. The van der Waals surface area contributed by atoms with Gasteiger partial charge in [-0.3, -0.25) is 5.41 Å². The molecule has 4 rings (SSSR count). The summed E-state index contributed by atoms with van der Waals surface area (Å²) >= 11 is 30.1. The summed E-state index contributed by atoms with van der Waals surface area (Å²) in [5.41, 5.74) is 4.84. The maximum Gasteiger partial charge on any atom is 0.373 e. The first-order valence-corrected chi connectivity index (χ1v) is 22.4. The number of thioether (sulfide) groups is 2. The van der Waals surface area contributed by atoms with Crippen molar-refractivity contribution in [1.29, 1.82) is 10.7 Å². The largest absolute Gasteiger partial charge is 0.475 e. The SMILES string of the molecule is C=C/C(Cl)=C/N(C)C.CS(=O)(=O)c1ncc(Cl)cn1.CSC(=N)N.CSc1ncc(Cl)cn1.F[P-](F)(F)(F)(F)F.N#Cc1ncc(Cl)cn1.O=C(O)c1ncc(Cl)cn1. The third-order valence-corrected chi connectivity index (χ3v) is 6.96. The number of allylic oxidation sites excluding steroid dienone is 2. The van der Waals surface area contributed by atoms with Crippen LogP contribution in [0.15, 0.2) is 83.8 Å². The molecule has 4 N–H and O–H groups in total. The van der Waals surface area contributed by atoms with E-state index in [2.05, 4.69) is 46.5 Å². The summed E-state index contributed by atoms with van der Waals surface area (Å²) in [6, 6.07) is 1.77. The molecule has 0 amide bonds. The fourth-order valence-corrected chi connectivity index (χ4v) is 3.38. The Bertz CT molecular complexity index is 2070. The number of nitrogens with zero attached hydrogens (tertiary/aromatic N) is 10. The van der Waals surface area contributed by atoms with E-state index in [1.165, 1.54) is 60.7 Å². The molecule has 4 heterocycles. The van der Waals surface area contributed by atoms with Gasteiger partial charge in [0.2, 0.25) is 26.6 Å². The van der Waals surface area contributed by atoms with E-state index in [0.29, 0.717) is 25.1 Å². The van der Waals surface area contributed by atoms with Crippen molar-refractivity contribution in [1.82, 2.24) is 44.8 Å². The number of hydrogen-bond donors (Lipinski definition) is 3. The molecule has 0 saturated heterocycles. The number of amidine groups is 1. The molecule has 59 heavy (non-hydrogen) atoms. The van der Waals surface area contributed by atoms with Gasteiger partial charge in [0, 0.05) is 38.9 Å². The first kappa shape index (κ1) is 59.5. The number of hydrogen-bond acceptors (Lipinski definition) is 16. The van der Waals surface area contributed by atoms with Crippen molar-refractivity contribution in [2.45, 2.75) is 10.3 Å². The van der Waals surface area contributed by atoms with Gasteiger partial charge in [-0.1, -0.05) is 88.1 Å². The smallest absolute Gasteiger partial charge is 0.373 e. The number of nitrogens with two attached hydrogens (primary N) is 1. The van der Waals surface area contributed by atoms with Crippen LogP contribution in [0.25, 0.3) is 0 Å². The normalized spacial score (nSPS) is 11.3. The van der Waals surface area contributed by atoms with Gasteiger partial charge in [-0.05, 0) is 18.6 Å². The van der Waals surface area contributed by atoms with Gasteiger partial charge in [0.15, 0.2) is 10.3 Å². The molecule has 0 aliphatic heterocycles. The number of sulfone groups is 1. The number of halogens is 11. The molecule has 0 aliphatic carbocycles. The third-order valence-electron chi connectivity index (χ3n) is 4.04. The molecule has 0 aliphatic rings. The Kier molecular flexibility index (Phi) is 28.0. The maximum absolute atomic E-state index is 10.8. The van der Waals surface area contributed by atoms with Crippen LogP contribution < -0.4 is 5.73 Å². The number of rotatable bonds is 5. The summed E-state index contributed by atoms with van der Waals surface area (Å²) in [6.45, 7) is 3.49. The minimum absolute atomic E-state index is 0.138. The van der Waals surface area contributed by atoms with Crippen molar-refractivity contribution in [2.24, 2.45) is 5.73 Å². The topological polar surface area (TPSA) is 251 Å². The number of aromatic carboxylic acids is 1. The van der Waals surface area contributed by atoms with Crippen LogP contribution in [-0.4, -0.2) is 102 Å². The minimum Gasteiger partial charge on any atom is -0.475 e. The van der Waals surface area contributed by atoms with E-state index in [9.17, 15) is 38.4 Å². The zero-order valence-electron chi connectivity index (χ0n) is 30.5. The summed E-state index contributed by atoms with van der Waals surface area (Å²) in [6.07, 6.45) is 19.0. The molecular weight excluding hydrogens is 987 g/mol. The summed E-state index contributed by atoms with van der Waals surface area (Å²) in [5.74, 6) is -1.26. The standard InChI is InChI=1S/C6H10ClN.C5H2ClN3.C5H5ClN2O2S.C5H3ClN2O2.C5H5ClN2S.C2H6N2S.F6P/c1-4-6(7)5-8(2)3;6-4-2-8-5(1-7)9-3-4;1-11(9,10)5-7-2-4(6)3-8-5;6-3-1-7-4(5(9)10)8-2-3;1-9-5-7-2-4(6)3-8-5;1-5-2(3)4;1-7(2,3,4,5)6/h4-5H,1H2,2-3H3;2-3H;2-3H,1H3;1-2H,(H,9,10);2-3H,1H3;1H3,(H3,3,4);/q;;;;;;-1/b6-5-;;;;;;. The van der Waals surface area contributed by atoms with E-state index < -0.39 is 23.6 Å². The Morgan fingerprint density at radius 2 is 1.17 bits per heavy atom. The average Bonchev–Trinajstić information content (AvgIpc) is 3.12. The number of carboxylic acids is 1. The van der Waals surface area contributed by atoms with Crippen molar-refractivity contribution in [3.63, 3.8) is 0 Å². The van der Waals surface area contributed by atoms with E-state index in [4.69, 9.17) is 79.5 Å².